The van der Waals surface area contributed by atoms with Crippen molar-refractivity contribution in [2.24, 2.45) is 11.7 Å². The van der Waals surface area contributed by atoms with Gasteiger partial charge >= 0.3 is 0 Å². The molecule has 4 rings (SSSR count). The van der Waals surface area contributed by atoms with Crippen LogP contribution in [0.4, 0.5) is 5.69 Å². The van der Waals surface area contributed by atoms with Gasteiger partial charge < -0.3 is 11.1 Å². The van der Waals surface area contributed by atoms with Crippen molar-refractivity contribution in [3.8, 4) is 0 Å². The fraction of sp³-hybridized carbons (Fsp3) is 0.300. The standard InChI is InChI=1S/C20H20N4O3S/c1-11-2-7-14-15(8-11)28-19-17(14)20(27)24(10-22-19)9-16(25)23-13-5-3-12(4-6-13)18(21)26/h3-6,10-11H,2,7-9H2,1H3,(H2,21,26)(H,23,25)/t11-/m1/s1. The van der Waals surface area contributed by atoms with Gasteiger partial charge in [-0.3, -0.25) is 19.0 Å². The second-order valence-corrected chi connectivity index (χ2v) is 8.28. The Labute approximate surface area is 165 Å². The van der Waals surface area contributed by atoms with E-state index in [9.17, 15) is 14.4 Å². The lowest BCUT2D eigenvalue weighted by Crippen LogP contribution is -2.28. The molecular weight excluding hydrogens is 376 g/mol. The van der Waals surface area contributed by atoms with Crippen LogP contribution in [0.15, 0.2) is 35.4 Å². The Hall–Kier alpha value is -3.00. The summed E-state index contributed by atoms with van der Waals surface area (Å²) in [4.78, 5) is 42.8. The highest BCUT2D eigenvalue weighted by atomic mass is 32.1. The first-order valence-corrected chi connectivity index (χ1v) is 9.93. The molecule has 7 nitrogen and oxygen atoms in total. The monoisotopic (exact) mass is 396 g/mol. The fourth-order valence-corrected chi connectivity index (χ4v) is 4.89. The van der Waals surface area contributed by atoms with Crippen LogP contribution in [0.2, 0.25) is 0 Å². The van der Waals surface area contributed by atoms with Crippen LogP contribution < -0.4 is 16.6 Å². The van der Waals surface area contributed by atoms with Crippen LogP contribution in [0, 0.1) is 5.92 Å². The molecule has 2 heterocycles. The third kappa shape index (κ3) is 3.43. The van der Waals surface area contributed by atoms with Crippen LogP contribution >= 0.6 is 11.3 Å². The molecule has 1 aromatic carbocycles. The molecule has 0 spiro atoms. The van der Waals surface area contributed by atoms with Gasteiger partial charge in [0.25, 0.3) is 5.56 Å². The van der Waals surface area contributed by atoms with E-state index in [2.05, 4.69) is 17.2 Å². The Morgan fingerprint density at radius 3 is 2.79 bits per heavy atom. The summed E-state index contributed by atoms with van der Waals surface area (Å²) in [5, 5.41) is 3.38. The number of carbonyl (C=O) groups is 2. The summed E-state index contributed by atoms with van der Waals surface area (Å²) in [5.74, 6) is -0.250. The third-order valence-corrected chi connectivity index (χ3v) is 6.21. The lowest BCUT2D eigenvalue weighted by atomic mass is 9.89. The predicted octanol–water partition coefficient (Wildman–Crippen LogP) is 2.32. The predicted molar refractivity (Wildman–Crippen MR) is 109 cm³/mol. The minimum atomic E-state index is -0.530. The number of primary amides is 1. The summed E-state index contributed by atoms with van der Waals surface area (Å²) < 4.78 is 1.35. The summed E-state index contributed by atoms with van der Waals surface area (Å²) in [6, 6.07) is 6.27. The minimum absolute atomic E-state index is 0.125. The van der Waals surface area contributed by atoms with E-state index < -0.39 is 5.91 Å². The molecule has 0 saturated carbocycles. The van der Waals surface area contributed by atoms with E-state index in [1.165, 1.54) is 27.9 Å². The zero-order valence-electron chi connectivity index (χ0n) is 15.4. The van der Waals surface area contributed by atoms with E-state index in [4.69, 9.17) is 5.73 Å². The molecule has 0 saturated heterocycles. The molecule has 2 aromatic heterocycles. The van der Waals surface area contributed by atoms with Gasteiger partial charge in [-0.05, 0) is 55.0 Å². The van der Waals surface area contributed by atoms with Crippen molar-refractivity contribution in [3.05, 3.63) is 57.0 Å². The van der Waals surface area contributed by atoms with Crippen LogP contribution in [-0.2, 0) is 24.2 Å². The lowest BCUT2D eigenvalue weighted by Gasteiger charge is -2.17. The highest BCUT2D eigenvalue weighted by molar-refractivity contribution is 7.18. The van der Waals surface area contributed by atoms with E-state index in [1.807, 2.05) is 0 Å². The number of hydrogen-bond donors (Lipinski definition) is 2. The number of thiophene rings is 1. The van der Waals surface area contributed by atoms with Crippen LogP contribution in [0.1, 0.15) is 34.1 Å². The van der Waals surface area contributed by atoms with Gasteiger partial charge in [0.05, 0.1) is 11.7 Å². The number of benzene rings is 1. The zero-order valence-corrected chi connectivity index (χ0v) is 16.2. The van der Waals surface area contributed by atoms with Gasteiger partial charge in [0, 0.05) is 16.1 Å². The molecule has 2 amide bonds. The van der Waals surface area contributed by atoms with E-state index in [0.29, 0.717) is 22.6 Å². The Kier molecular flexibility index (Phi) is 4.72. The van der Waals surface area contributed by atoms with Crippen LogP contribution in [0.5, 0.6) is 0 Å². The highest BCUT2D eigenvalue weighted by Crippen LogP contribution is 2.35. The average Bonchev–Trinajstić information content (AvgIpc) is 3.02. The fourth-order valence-electron chi connectivity index (χ4n) is 3.55. The van der Waals surface area contributed by atoms with E-state index in [1.54, 1.807) is 23.5 Å². The van der Waals surface area contributed by atoms with Gasteiger partial charge in [-0.15, -0.1) is 11.3 Å². The number of nitrogens with one attached hydrogen (secondary N) is 1. The maximum Gasteiger partial charge on any atom is 0.262 e. The van der Waals surface area contributed by atoms with E-state index in [0.717, 1.165) is 29.7 Å². The molecular formula is C20H20N4O3S. The van der Waals surface area contributed by atoms with Gasteiger partial charge in [0.1, 0.15) is 11.4 Å². The van der Waals surface area contributed by atoms with Gasteiger partial charge in [-0.2, -0.15) is 0 Å². The summed E-state index contributed by atoms with van der Waals surface area (Å²) in [5.41, 5.74) is 7.03. The molecule has 0 radical (unpaired) electrons. The lowest BCUT2D eigenvalue weighted by molar-refractivity contribution is -0.116. The maximum absolute atomic E-state index is 12.9. The first-order valence-electron chi connectivity index (χ1n) is 9.12. The van der Waals surface area contributed by atoms with Crippen molar-refractivity contribution >= 4 is 39.1 Å². The number of hydrogen-bond acceptors (Lipinski definition) is 5. The maximum atomic E-state index is 12.9. The number of nitrogens with zero attached hydrogens (tertiary/aromatic N) is 2. The zero-order chi connectivity index (χ0) is 19.8. The van der Waals surface area contributed by atoms with E-state index >= 15 is 0 Å². The number of aromatic nitrogens is 2. The van der Waals surface area contributed by atoms with Crippen molar-refractivity contribution in [2.45, 2.75) is 32.7 Å². The van der Waals surface area contributed by atoms with Crippen molar-refractivity contribution in [2.75, 3.05) is 5.32 Å². The first kappa shape index (κ1) is 18.4. The summed E-state index contributed by atoms with van der Waals surface area (Å²) in [6.45, 7) is 2.10. The minimum Gasteiger partial charge on any atom is -0.366 e. The van der Waals surface area contributed by atoms with Gasteiger partial charge in [-0.25, -0.2) is 4.98 Å². The van der Waals surface area contributed by atoms with Crippen LogP contribution in [0.25, 0.3) is 10.2 Å². The highest BCUT2D eigenvalue weighted by Gasteiger charge is 2.23. The Morgan fingerprint density at radius 1 is 1.32 bits per heavy atom. The molecule has 3 aromatic rings. The van der Waals surface area contributed by atoms with Crippen molar-refractivity contribution in [1.82, 2.24) is 9.55 Å². The number of rotatable bonds is 4. The average molecular weight is 396 g/mol. The number of nitrogens with two attached hydrogens (primary N) is 1. The van der Waals surface area contributed by atoms with Crippen molar-refractivity contribution < 1.29 is 9.59 Å². The largest absolute Gasteiger partial charge is 0.366 e. The molecule has 3 N–H and O–H groups in total. The second-order valence-electron chi connectivity index (χ2n) is 7.20. The van der Waals surface area contributed by atoms with Gasteiger partial charge in [0.15, 0.2) is 0 Å². The number of carbonyl (C=O) groups excluding carboxylic acids is 2. The van der Waals surface area contributed by atoms with Crippen molar-refractivity contribution in [3.63, 3.8) is 0 Å². The number of aryl methyl sites for hydroxylation is 1. The van der Waals surface area contributed by atoms with Crippen molar-refractivity contribution in [1.29, 1.82) is 0 Å². The Balaban J connectivity index is 1.56. The summed E-state index contributed by atoms with van der Waals surface area (Å²) >= 11 is 1.59. The number of amides is 2. The smallest absolute Gasteiger partial charge is 0.262 e. The summed E-state index contributed by atoms with van der Waals surface area (Å²) in [6.07, 6.45) is 4.37. The summed E-state index contributed by atoms with van der Waals surface area (Å²) in [7, 11) is 0. The first-order chi connectivity index (χ1) is 13.4. The molecule has 1 aliphatic carbocycles. The molecule has 0 bridgehead atoms. The van der Waals surface area contributed by atoms with Crippen LogP contribution in [0.3, 0.4) is 0 Å². The Bertz CT molecular complexity index is 1130. The topological polar surface area (TPSA) is 107 Å². The quantitative estimate of drug-likeness (QED) is 0.706. The molecule has 1 aliphatic rings. The van der Waals surface area contributed by atoms with Crippen LogP contribution in [-0.4, -0.2) is 21.4 Å². The molecule has 28 heavy (non-hydrogen) atoms. The number of anilines is 1. The SMILES string of the molecule is C[C@@H]1CCc2c(sc3ncn(CC(=O)Nc4ccc(C(N)=O)cc4)c(=O)c23)C1. The van der Waals surface area contributed by atoms with Gasteiger partial charge in [0.2, 0.25) is 11.8 Å². The molecule has 1 atom stereocenters. The molecule has 0 aliphatic heterocycles. The molecule has 144 valence electrons. The normalized spacial score (nSPS) is 16.0. The third-order valence-electron chi connectivity index (χ3n) is 5.05. The van der Waals surface area contributed by atoms with E-state index in [-0.39, 0.29) is 18.0 Å². The molecule has 8 heteroatoms. The number of fused-ring (bicyclic) bond motifs is 3. The Morgan fingerprint density at radius 2 is 2.07 bits per heavy atom. The van der Waals surface area contributed by atoms with Gasteiger partial charge in [-0.1, -0.05) is 6.92 Å². The second kappa shape index (κ2) is 7.20. The molecule has 0 fully saturated rings. The molecule has 0 unspecified atom stereocenters.